The number of hydrogen-bond donors (Lipinski definition) is 1. The molecule has 1 rings (SSSR count). The summed E-state index contributed by atoms with van der Waals surface area (Å²) in [6.07, 6.45) is 0.370. The van der Waals surface area contributed by atoms with Crippen LogP contribution in [-0.4, -0.2) is 17.0 Å². The first-order valence-corrected chi connectivity index (χ1v) is 6.54. The molecule has 0 radical (unpaired) electrons. The molecule has 1 atom stereocenters. The molecule has 0 spiro atoms. The second-order valence-electron chi connectivity index (χ2n) is 5.11. The van der Waals surface area contributed by atoms with Gasteiger partial charge in [0.05, 0.1) is 5.92 Å². The van der Waals surface area contributed by atoms with Crippen LogP contribution in [-0.2, 0) is 20.9 Å². The maximum atomic E-state index is 11.9. The van der Waals surface area contributed by atoms with Crippen molar-refractivity contribution < 1.29 is 19.4 Å². The molecule has 1 unspecified atom stereocenters. The quantitative estimate of drug-likeness (QED) is 0.614. The number of carboxylic acid groups (broad SMARTS) is 1. The molecule has 20 heavy (non-hydrogen) atoms. The first kappa shape index (κ1) is 16.0. The topological polar surface area (TPSA) is 63.6 Å². The summed E-state index contributed by atoms with van der Waals surface area (Å²) in [5.74, 6) is -2.42. The van der Waals surface area contributed by atoms with Gasteiger partial charge in [-0.15, -0.1) is 0 Å². The molecule has 108 valence electrons. The molecule has 0 aliphatic rings. The van der Waals surface area contributed by atoms with E-state index in [-0.39, 0.29) is 18.1 Å². The number of carbonyl (C=O) groups is 2. The van der Waals surface area contributed by atoms with Crippen molar-refractivity contribution in [3.63, 3.8) is 0 Å². The zero-order valence-corrected chi connectivity index (χ0v) is 11.8. The molecule has 0 amide bonds. The van der Waals surface area contributed by atoms with Crippen LogP contribution in [0.15, 0.2) is 42.5 Å². The van der Waals surface area contributed by atoms with Crippen LogP contribution in [0.5, 0.6) is 0 Å². The van der Waals surface area contributed by atoms with Gasteiger partial charge < -0.3 is 9.84 Å². The Balaban J connectivity index is 2.61. The van der Waals surface area contributed by atoms with E-state index >= 15 is 0 Å². The minimum absolute atomic E-state index is 0.00197. The summed E-state index contributed by atoms with van der Waals surface area (Å²) in [5.41, 5.74) is 0.853. The van der Waals surface area contributed by atoms with E-state index in [1.807, 2.05) is 44.2 Å². The van der Waals surface area contributed by atoms with Crippen LogP contribution in [0.1, 0.15) is 25.8 Å². The molecule has 1 N–H and O–H groups in total. The SMILES string of the molecule is C=C(C(=O)OCc1ccccc1)C(CC(C)C)C(=O)O. The first-order valence-electron chi connectivity index (χ1n) is 6.54. The summed E-state index contributed by atoms with van der Waals surface area (Å²) in [5, 5.41) is 9.16. The molecule has 0 saturated carbocycles. The van der Waals surface area contributed by atoms with Crippen molar-refractivity contribution in [3.05, 3.63) is 48.0 Å². The number of aliphatic carboxylic acids is 1. The van der Waals surface area contributed by atoms with Crippen LogP contribution in [0.3, 0.4) is 0 Å². The summed E-state index contributed by atoms with van der Waals surface area (Å²) in [6.45, 7) is 7.51. The fourth-order valence-corrected chi connectivity index (χ4v) is 1.82. The van der Waals surface area contributed by atoms with Gasteiger partial charge in [0.2, 0.25) is 0 Å². The molecule has 1 aromatic carbocycles. The second-order valence-corrected chi connectivity index (χ2v) is 5.11. The lowest BCUT2D eigenvalue weighted by Gasteiger charge is -2.16. The third-order valence-electron chi connectivity index (χ3n) is 2.90. The van der Waals surface area contributed by atoms with Crippen LogP contribution < -0.4 is 0 Å². The number of ether oxygens (including phenoxy) is 1. The van der Waals surface area contributed by atoms with Gasteiger partial charge in [-0.2, -0.15) is 0 Å². The van der Waals surface area contributed by atoms with Gasteiger partial charge in [0.1, 0.15) is 6.61 Å². The molecule has 4 nitrogen and oxygen atoms in total. The number of carbonyl (C=O) groups excluding carboxylic acids is 1. The number of rotatable bonds is 7. The molecule has 0 aromatic heterocycles. The molecule has 0 bridgehead atoms. The summed E-state index contributed by atoms with van der Waals surface area (Å²) >= 11 is 0. The lowest BCUT2D eigenvalue weighted by atomic mass is 9.91. The van der Waals surface area contributed by atoms with E-state index in [1.165, 1.54) is 0 Å². The van der Waals surface area contributed by atoms with Crippen LogP contribution >= 0.6 is 0 Å². The van der Waals surface area contributed by atoms with Crippen LogP contribution in [0.25, 0.3) is 0 Å². The highest BCUT2D eigenvalue weighted by molar-refractivity contribution is 5.94. The molecule has 0 aliphatic heterocycles. The van der Waals surface area contributed by atoms with Gasteiger partial charge in [0, 0.05) is 5.57 Å². The average molecular weight is 276 g/mol. The molecule has 4 heteroatoms. The van der Waals surface area contributed by atoms with Crippen molar-refractivity contribution in [3.8, 4) is 0 Å². The minimum atomic E-state index is -1.04. The highest BCUT2D eigenvalue weighted by Crippen LogP contribution is 2.21. The van der Waals surface area contributed by atoms with Crippen molar-refractivity contribution in [1.82, 2.24) is 0 Å². The van der Waals surface area contributed by atoms with E-state index in [0.717, 1.165) is 5.56 Å². The van der Waals surface area contributed by atoms with Crippen molar-refractivity contribution in [2.24, 2.45) is 11.8 Å². The summed E-state index contributed by atoms with van der Waals surface area (Å²) in [6, 6.07) is 9.22. The van der Waals surface area contributed by atoms with Gasteiger partial charge in [0.15, 0.2) is 0 Å². The smallest absolute Gasteiger partial charge is 0.334 e. The zero-order chi connectivity index (χ0) is 15.1. The third kappa shape index (κ3) is 4.88. The number of esters is 1. The maximum absolute atomic E-state index is 11.9. The first-order chi connectivity index (χ1) is 9.41. The molecule has 0 heterocycles. The Hall–Kier alpha value is -2.10. The summed E-state index contributed by atoms with van der Waals surface area (Å²) < 4.78 is 5.10. The fraction of sp³-hybridized carbons (Fsp3) is 0.375. The maximum Gasteiger partial charge on any atom is 0.334 e. The van der Waals surface area contributed by atoms with E-state index in [9.17, 15) is 9.59 Å². The molecule has 0 saturated heterocycles. The van der Waals surface area contributed by atoms with Gasteiger partial charge in [-0.1, -0.05) is 50.8 Å². The average Bonchev–Trinajstić information content (AvgIpc) is 2.42. The Morgan fingerprint density at radius 2 is 1.85 bits per heavy atom. The van der Waals surface area contributed by atoms with Crippen LogP contribution in [0.2, 0.25) is 0 Å². The number of hydrogen-bond acceptors (Lipinski definition) is 3. The molecular formula is C16H20O4. The Morgan fingerprint density at radius 1 is 1.25 bits per heavy atom. The summed E-state index contributed by atoms with van der Waals surface area (Å²) in [4.78, 5) is 23.0. The number of carboxylic acids is 1. The van der Waals surface area contributed by atoms with E-state index in [1.54, 1.807) is 0 Å². The highest BCUT2D eigenvalue weighted by atomic mass is 16.5. The van der Waals surface area contributed by atoms with E-state index < -0.39 is 17.9 Å². The number of benzene rings is 1. The minimum Gasteiger partial charge on any atom is -0.481 e. The van der Waals surface area contributed by atoms with Gasteiger partial charge in [-0.05, 0) is 17.9 Å². The lowest BCUT2D eigenvalue weighted by molar-refractivity contribution is -0.147. The Bertz CT molecular complexity index is 477. The predicted molar refractivity (Wildman–Crippen MR) is 76.0 cm³/mol. The van der Waals surface area contributed by atoms with Crippen molar-refractivity contribution >= 4 is 11.9 Å². The molecule has 0 fully saturated rings. The van der Waals surface area contributed by atoms with Gasteiger partial charge >= 0.3 is 11.9 Å². The Labute approximate surface area is 119 Å². The Morgan fingerprint density at radius 3 is 2.35 bits per heavy atom. The largest absolute Gasteiger partial charge is 0.481 e. The third-order valence-corrected chi connectivity index (χ3v) is 2.90. The van der Waals surface area contributed by atoms with E-state index in [0.29, 0.717) is 6.42 Å². The second kappa shape index (κ2) is 7.48. The van der Waals surface area contributed by atoms with Crippen LogP contribution in [0.4, 0.5) is 0 Å². The standard InChI is InChI=1S/C16H20O4/c1-11(2)9-14(15(17)18)12(3)16(19)20-10-13-7-5-4-6-8-13/h4-8,11,14H,3,9-10H2,1-2H3,(H,17,18). The summed E-state index contributed by atoms with van der Waals surface area (Å²) in [7, 11) is 0. The monoisotopic (exact) mass is 276 g/mol. The fourth-order valence-electron chi connectivity index (χ4n) is 1.82. The van der Waals surface area contributed by atoms with Crippen molar-refractivity contribution in [2.45, 2.75) is 26.9 Å². The normalized spacial score (nSPS) is 11.9. The van der Waals surface area contributed by atoms with Crippen molar-refractivity contribution in [1.29, 1.82) is 0 Å². The van der Waals surface area contributed by atoms with E-state index in [4.69, 9.17) is 9.84 Å². The molecule has 1 aromatic rings. The lowest BCUT2D eigenvalue weighted by Crippen LogP contribution is -2.23. The predicted octanol–water partition coefficient (Wildman–Crippen LogP) is 3.03. The highest BCUT2D eigenvalue weighted by Gasteiger charge is 2.27. The Kier molecular flexibility index (Phi) is 5.97. The van der Waals surface area contributed by atoms with Crippen molar-refractivity contribution in [2.75, 3.05) is 0 Å². The van der Waals surface area contributed by atoms with Crippen LogP contribution in [0, 0.1) is 11.8 Å². The van der Waals surface area contributed by atoms with Gasteiger partial charge in [0.25, 0.3) is 0 Å². The van der Waals surface area contributed by atoms with Gasteiger partial charge in [-0.25, -0.2) is 4.79 Å². The zero-order valence-electron chi connectivity index (χ0n) is 11.8. The van der Waals surface area contributed by atoms with Gasteiger partial charge in [-0.3, -0.25) is 4.79 Å². The molecule has 0 aliphatic carbocycles. The van der Waals surface area contributed by atoms with E-state index in [2.05, 4.69) is 6.58 Å². The molecular weight excluding hydrogens is 256 g/mol.